The van der Waals surface area contributed by atoms with Crippen molar-refractivity contribution in [2.24, 2.45) is 0 Å². The van der Waals surface area contributed by atoms with E-state index in [4.69, 9.17) is 18.9 Å². The van der Waals surface area contributed by atoms with Crippen LogP contribution in [0.2, 0.25) is 0 Å². The average molecular weight is 553 g/mol. The van der Waals surface area contributed by atoms with Gasteiger partial charge in [0.25, 0.3) is 0 Å². The Balaban J connectivity index is 1.46. The molecule has 1 aliphatic heterocycles. The second-order valence-electron chi connectivity index (χ2n) is 10.4. The van der Waals surface area contributed by atoms with E-state index in [1.54, 1.807) is 12.0 Å². The lowest BCUT2D eigenvalue weighted by molar-refractivity contribution is -0.138. The fourth-order valence-corrected chi connectivity index (χ4v) is 4.78. The highest BCUT2D eigenvalue weighted by Crippen LogP contribution is 2.29. The summed E-state index contributed by atoms with van der Waals surface area (Å²) in [6, 6.07) is 13.5. The first-order valence-corrected chi connectivity index (χ1v) is 13.5. The number of carbonyl (C=O) groups is 1. The van der Waals surface area contributed by atoms with E-state index in [9.17, 15) is 9.90 Å². The summed E-state index contributed by atoms with van der Waals surface area (Å²) in [5.74, 6) is 1.81. The van der Waals surface area contributed by atoms with Gasteiger partial charge in [-0.1, -0.05) is 23.8 Å². The highest BCUT2D eigenvalue weighted by molar-refractivity contribution is 5.77. The van der Waals surface area contributed by atoms with Gasteiger partial charge in [-0.25, -0.2) is 0 Å². The van der Waals surface area contributed by atoms with Crippen LogP contribution in [0.15, 0.2) is 54.9 Å². The van der Waals surface area contributed by atoms with Crippen molar-refractivity contribution in [2.45, 2.75) is 32.5 Å². The zero-order valence-corrected chi connectivity index (χ0v) is 23.8. The van der Waals surface area contributed by atoms with Gasteiger partial charge < -0.3 is 29.0 Å². The number of ether oxygens (including phenoxy) is 4. The first-order valence-electron chi connectivity index (χ1n) is 13.5. The number of β-amino-alcohol motifs (C(OH)–C–C–N with tert-alkyl or cyclic N) is 1. The third-order valence-corrected chi connectivity index (χ3v) is 6.81. The molecule has 0 radical (unpaired) electrons. The van der Waals surface area contributed by atoms with Crippen LogP contribution >= 0.6 is 0 Å². The lowest BCUT2D eigenvalue weighted by atomic mass is 10.0. The van der Waals surface area contributed by atoms with E-state index in [1.165, 1.54) is 7.11 Å². The summed E-state index contributed by atoms with van der Waals surface area (Å²) >= 11 is 0. The zero-order valence-electron chi connectivity index (χ0n) is 23.8. The standard InChI is InChI=1S/C30H40N4O6/c1-23-5-8-26(9-6-23)40-22-30(36)20-32(11-12-33(21-30)29(35)19-37-3)18-25-7-10-27(38-4)28(15-25)39-14-13-34-17-24(2)16-31-34/h5-10,15-17,36H,11-14,18-22H2,1-4H3/t30-/m1/s1. The molecule has 1 saturated heterocycles. The number of aryl methyl sites for hydroxylation is 2. The van der Waals surface area contributed by atoms with Crippen molar-refractivity contribution in [2.75, 3.05) is 60.2 Å². The highest BCUT2D eigenvalue weighted by atomic mass is 16.5. The van der Waals surface area contributed by atoms with Crippen molar-refractivity contribution in [1.29, 1.82) is 0 Å². The monoisotopic (exact) mass is 552 g/mol. The molecule has 1 aromatic heterocycles. The number of methoxy groups -OCH3 is 2. The maximum atomic E-state index is 12.7. The van der Waals surface area contributed by atoms with Crippen LogP contribution in [0, 0.1) is 13.8 Å². The average Bonchev–Trinajstić information content (AvgIpc) is 3.27. The summed E-state index contributed by atoms with van der Waals surface area (Å²) < 4.78 is 24.5. The molecule has 216 valence electrons. The van der Waals surface area contributed by atoms with Gasteiger partial charge >= 0.3 is 0 Å². The van der Waals surface area contributed by atoms with Gasteiger partial charge in [0, 0.05) is 39.5 Å². The van der Waals surface area contributed by atoms with Crippen molar-refractivity contribution in [1.82, 2.24) is 19.6 Å². The summed E-state index contributed by atoms with van der Waals surface area (Å²) in [6.45, 7) is 7.18. The molecule has 0 aliphatic carbocycles. The molecule has 3 aromatic rings. The van der Waals surface area contributed by atoms with Crippen molar-refractivity contribution in [3.8, 4) is 17.2 Å². The Morgan fingerprint density at radius 2 is 1.80 bits per heavy atom. The van der Waals surface area contributed by atoms with Crippen molar-refractivity contribution < 1.29 is 28.8 Å². The van der Waals surface area contributed by atoms with Gasteiger partial charge in [0.2, 0.25) is 5.91 Å². The molecule has 0 saturated carbocycles. The van der Waals surface area contributed by atoms with Crippen LogP contribution in [0.25, 0.3) is 0 Å². The van der Waals surface area contributed by atoms with E-state index >= 15 is 0 Å². The van der Waals surface area contributed by atoms with Crippen molar-refractivity contribution in [3.05, 3.63) is 71.5 Å². The maximum absolute atomic E-state index is 12.7. The molecule has 10 heteroatoms. The minimum Gasteiger partial charge on any atom is -0.493 e. The molecule has 1 amide bonds. The number of hydrogen-bond acceptors (Lipinski definition) is 8. The lowest BCUT2D eigenvalue weighted by Gasteiger charge is -2.33. The first kappa shape index (κ1) is 29.4. The minimum atomic E-state index is -1.28. The van der Waals surface area contributed by atoms with Gasteiger partial charge in [0.1, 0.15) is 31.2 Å². The third kappa shape index (κ3) is 8.20. The number of hydrogen-bond donors (Lipinski definition) is 1. The number of benzene rings is 2. The summed E-state index contributed by atoms with van der Waals surface area (Å²) in [5.41, 5.74) is 1.95. The van der Waals surface area contributed by atoms with Gasteiger partial charge in [-0.05, 0) is 49.2 Å². The number of aliphatic hydroxyl groups is 1. The summed E-state index contributed by atoms with van der Waals surface area (Å²) in [4.78, 5) is 16.5. The Bertz CT molecular complexity index is 1250. The van der Waals surface area contributed by atoms with Gasteiger partial charge in [-0.15, -0.1) is 0 Å². The van der Waals surface area contributed by atoms with E-state index in [1.807, 2.05) is 73.4 Å². The van der Waals surface area contributed by atoms with Crippen LogP contribution in [0.5, 0.6) is 17.2 Å². The normalized spacial score (nSPS) is 17.9. The Morgan fingerprint density at radius 1 is 1.00 bits per heavy atom. The van der Waals surface area contributed by atoms with E-state index in [0.717, 1.165) is 16.7 Å². The van der Waals surface area contributed by atoms with Crippen LogP contribution in [-0.4, -0.2) is 96.4 Å². The SMILES string of the molecule is COCC(=O)N1CCN(Cc2ccc(OC)c(OCCn3cc(C)cn3)c2)C[C@](O)(COc2ccc(C)cc2)C1. The van der Waals surface area contributed by atoms with Crippen molar-refractivity contribution >= 4 is 5.91 Å². The Labute approximate surface area is 236 Å². The Kier molecular flexibility index (Phi) is 10.0. The predicted octanol–water partition coefficient (Wildman–Crippen LogP) is 2.69. The van der Waals surface area contributed by atoms with Crippen LogP contribution in [-0.2, 0) is 22.6 Å². The minimum absolute atomic E-state index is 0.0355. The van der Waals surface area contributed by atoms with Gasteiger partial charge in [0.05, 0.1) is 26.4 Å². The van der Waals surface area contributed by atoms with Gasteiger partial charge in [-0.3, -0.25) is 14.4 Å². The number of rotatable bonds is 12. The molecule has 40 heavy (non-hydrogen) atoms. The van der Waals surface area contributed by atoms with Crippen LogP contribution in [0.3, 0.4) is 0 Å². The molecule has 4 rings (SSSR count). The first-order chi connectivity index (χ1) is 19.3. The molecule has 10 nitrogen and oxygen atoms in total. The van der Waals surface area contributed by atoms with Crippen LogP contribution in [0.1, 0.15) is 16.7 Å². The fourth-order valence-electron chi connectivity index (χ4n) is 4.78. The molecular weight excluding hydrogens is 512 g/mol. The number of nitrogens with zero attached hydrogens (tertiary/aromatic N) is 4. The Hall–Kier alpha value is -3.60. The topological polar surface area (TPSA) is 98.5 Å². The zero-order chi connectivity index (χ0) is 28.5. The van der Waals surface area contributed by atoms with Crippen molar-refractivity contribution in [3.63, 3.8) is 0 Å². The van der Waals surface area contributed by atoms with E-state index in [-0.39, 0.29) is 25.7 Å². The quantitative estimate of drug-likeness (QED) is 0.366. The van der Waals surface area contributed by atoms with E-state index in [2.05, 4.69) is 10.00 Å². The predicted molar refractivity (Wildman–Crippen MR) is 151 cm³/mol. The number of amides is 1. The third-order valence-electron chi connectivity index (χ3n) is 6.81. The molecule has 1 N–H and O–H groups in total. The highest BCUT2D eigenvalue weighted by Gasteiger charge is 2.37. The molecular formula is C30H40N4O6. The largest absolute Gasteiger partial charge is 0.493 e. The number of aromatic nitrogens is 2. The molecule has 0 bridgehead atoms. The second kappa shape index (κ2) is 13.6. The van der Waals surface area contributed by atoms with Gasteiger partial charge in [0.15, 0.2) is 11.5 Å². The molecule has 2 aromatic carbocycles. The van der Waals surface area contributed by atoms with Crippen LogP contribution in [0.4, 0.5) is 0 Å². The molecule has 1 atom stereocenters. The van der Waals surface area contributed by atoms with Gasteiger partial charge in [-0.2, -0.15) is 5.10 Å². The molecule has 2 heterocycles. The summed E-state index contributed by atoms with van der Waals surface area (Å²) in [7, 11) is 3.11. The van der Waals surface area contributed by atoms with E-state index < -0.39 is 5.60 Å². The molecule has 0 spiro atoms. The molecule has 0 unspecified atom stereocenters. The Morgan fingerprint density at radius 3 is 2.50 bits per heavy atom. The van der Waals surface area contributed by atoms with Crippen LogP contribution < -0.4 is 14.2 Å². The molecule has 1 fully saturated rings. The lowest BCUT2D eigenvalue weighted by Crippen LogP contribution is -2.52. The van der Waals surface area contributed by atoms with E-state index in [0.29, 0.717) is 56.6 Å². The maximum Gasteiger partial charge on any atom is 0.248 e. The second-order valence-corrected chi connectivity index (χ2v) is 10.4. The molecule has 1 aliphatic rings. The smallest absolute Gasteiger partial charge is 0.248 e. The number of carbonyl (C=O) groups excluding carboxylic acids is 1. The fraction of sp³-hybridized carbons (Fsp3) is 0.467. The summed E-state index contributed by atoms with van der Waals surface area (Å²) in [5, 5.41) is 16.0. The summed E-state index contributed by atoms with van der Waals surface area (Å²) in [6.07, 6.45) is 3.79.